The summed E-state index contributed by atoms with van der Waals surface area (Å²) in [6, 6.07) is -0.350. The maximum absolute atomic E-state index is 13.4. The molecule has 2 rings (SSSR count). The Morgan fingerprint density at radius 1 is 1.43 bits per heavy atom. The van der Waals surface area contributed by atoms with Gasteiger partial charge in [-0.05, 0) is 6.07 Å². The van der Waals surface area contributed by atoms with Gasteiger partial charge in [-0.15, -0.1) is 0 Å². The van der Waals surface area contributed by atoms with E-state index in [9.17, 15) is 18.4 Å². The third-order valence-corrected chi connectivity index (χ3v) is 2.67. The summed E-state index contributed by atoms with van der Waals surface area (Å²) in [4.78, 5) is 32.4. The fourth-order valence-corrected chi connectivity index (χ4v) is 1.65. The van der Waals surface area contributed by atoms with Crippen LogP contribution in [0.3, 0.4) is 0 Å². The van der Waals surface area contributed by atoms with Gasteiger partial charge in [0.2, 0.25) is 5.95 Å². The average molecular weight is 296 g/mol. The fraction of sp³-hybridized carbons (Fsp3) is 0.167. The molecule has 7 nitrogen and oxygen atoms in total. The molecule has 2 aromatic heterocycles. The van der Waals surface area contributed by atoms with Crippen LogP contribution in [0, 0.1) is 11.8 Å². The first kappa shape index (κ1) is 14.6. The molecule has 2 heterocycles. The van der Waals surface area contributed by atoms with Crippen LogP contribution in [0.15, 0.2) is 24.8 Å². The van der Waals surface area contributed by atoms with Gasteiger partial charge in [0.05, 0.1) is 11.9 Å². The average Bonchev–Trinajstić information content (AvgIpc) is 2.93. The van der Waals surface area contributed by atoms with E-state index in [-0.39, 0.29) is 6.42 Å². The van der Waals surface area contributed by atoms with Crippen LogP contribution in [0.4, 0.5) is 8.78 Å². The Kier molecular flexibility index (Phi) is 4.21. The first-order valence-electron chi connectivity index (χ1n) is 5.80. The van der Waals surface area contributed by atoms with Crippen molar-refractivity contribution >= 4 is 11.9 Å². The number of H-pyrrole nitrogens is 1. The Bertz CT molecular complexity index is 661. The number of nitrogens with zero attached hydrogens (tertiary/aromatic N) is 2. The van der Waals surface area contributed by atoms with Crippen LogP contribution < -0.4 is 5.32 Å². The van der Waals surface area contributed by atoms with E-state index in [1.54, 1.807) is 0 Å². The van der Waals surface area contributed by atoms with Gasteiger partial charge in [-0.1, -0.05) is 0 Å². The molecule has 0 spiro atoms. The second-order valence-electron chi connectivity index (χ2n) is 4.11. The lowest BCUT2D eigenvalue weighted by molar-refractivity contribution is -0.139. The fourth-order valence-electron chi connectivity index (χ4n) is 1.65. The number of carboxylic acid groups (broad SMARTS) is 1. The standard InChI is InChI=1S/C12H10F2N4O3/c13-9-7(1-2-16-10(9)14)11(19)18-8(12(20)21)3-6-4-15-5-17-6/h1-2,4-5,8H,3H2,(H,15,17)(H,18,19)(H,20,21)/t8-/m0/s1. The summed E-state index contributed by atoms with van der Waals surface area (Å²) in [5.74, 6) is -5.21. The molecule has 3 N–H and O–H groups in total. The van der Waals surface area contributed by atoms with E-state index in [4.69, 9.17) is 5.11 Å². The molecule has 0 fully saturated rings. The monoisotopic (exact) mass is 296 g/mol. The van der Waals surface area contributed by atoms with Gasteiger partial charge in [0.1, 0.15) is 6.04 Å². The molecule has 0 bridgehead atoms. The smallest absolute Gasteiger partial charge is 0.326 e. The number of carboxylic acids is 1. The van der Waals surface area contributed by atoms with Crippen molar-refractivity contribution in [2.24, 2.45) is 0 Å². The van der Waals surface area contributed by atoms with Gasteiger partial charge in [0.15, 0.2) is 5.82 Å². The predicted molar refractivity (Wildman–Crippen MR) is 65.3 cm³/mol. The van der Waals surface area contributed by atoms with E-state index >= 15 is 0 Å². The Morgan fingerprint density at radius 3 is 2.81 bits per heavy atom. The Morgan fingerprint density at radius 2 is 2.19 bits per heavy atom. The largest absolute Gasteiger partial charge is 0.480 e. The lowest BCUT2D eigenvalue weighted by Crippen LogP contribution is -2.42. The highest BCUT2D eigenvalue weighted by atomic mass is 19.2. The summed E-state index contributed by atoms with van der Waals surface area (Å²) >= 11 is 0. The Labute approximate surface area is 117 Å². The van der Waals surface area contributed by atoms with Crippen LogP contribution in [-0.2, 0) is 11.2 Å². The lowest BCUT2D eigenvalue weighted by atomic mass is 10.1. The van der Waals surface area contributed by atoms with Crippen LogP contribution in [0.25, 0.3) is 0 Å². The second kappa shape index (κ2) is 6.07. The number of aliphatic carboxylic acids is 1. The first-order valence-corrected chi connectivity index (χ1v) is 5.80. The zero-order chi connectivity index (χ0) is 15.4. The van der Waals surface area contributed by atoms with Crippen LogP contribution in [0.1, 0.15) is 16.1 Å². The van der Waals surface area contributed by atoms with E-state index in [1.165, 1.54) is 12.5 Å². The summed E-state index contributed by atoms with van der Waals surface area (Å²) < 4.78 is 26.4. The zero-order valence-electron chi connectivity index (χ0n) is 10.5. The molecule has 0 saturated carbocycles. The Hall–Kier alpha value is -2.84. The number of halogens is 2. The number of aromatic nitrogens is 3. The van der Waals surface area contributed by atoms with Gasteiger partial charge in [-0.3, -0.25) is 4.79 Å². The third kappa shape index (κ3) is 3.38. The van der Waals surface area contributed by atoms with Crippen molar-refractivity contribution < 1.29 is 23.5 Å². The number of hydrogen-bond acceptors (Lipinski definition) is 4. The molecule has 2 aromatic rings. The van der Waals surface area contributed by atoms with Gasteiger partial charge in [0, 0.05) is 24.5 Å². The Balaban J connectivity index is 2.15. The molecule has 21 heavy (non-hydrogen) atoms. The summed E-state index contributed by atoms with van der Waals surface area (Å²) in [6.45, 7) is 0. The van der Waals surface area contributed by atoms with Gasteiger partial charge in [0.25, 0.3) is 5.91 Å². The third-order valence-electron chi connectivity index (χ3n) is 2.67. The SMILES string of the molecule is O=C(N[C@@H](Cc1cnc[nH]1)C(=O)O)c1ccnc(F)c1F. The van der Waals surface area contributed by atoms with Crippen LogP contribution in [-0.4, -0.2) is 38.0 Å². The first-order chi connectivity index (χ1) is 9.99. The van der Waals surface area contributed by atoms with Gasteiger partial charge in [-0.2, -0.15) is 4.39 Å². The van der Waals surface area contributed by atoms with Gasteiger partial charge < -0.3 is 15.4 Å². The molecule has 1 atom stereocenters. The maximum atomic E-state index is 13.4. The maximum Gasteiger partial charge on any atom is 0.326 e. The van der Waals surface area contributed by atoms with Crippen molar-refractivity contribution in [3.8, 4) is 0 Å². The molecule has 0 aromatic carbocycles. The number of carbonyl (C=O) groups is 2. The van der Waals surface area contributed by atoms with Crippen LogP contribution in [0.2, 0.25) is 0 Å². The number of hydrogen-bond donors (Lipinski definition) is 3. The number of nitrogens with one attached hydrogen (secondary N) is 2. The van der Waals surface area contributed by atoms with E-state index in [2.05, 4.69) is 20.3 Å². The zero-order valence-corrected chi connectivity index (χ0v) is 10.5. The van der Waals surface area contributed by atoms with Crippen molar-refractivity contribution in [2.45, 2.75) is 12.5 Å². The number of rotatable bonds is 5. The molecule has 110 valence electrons. The van der Waals surface area contributed by atoms with Crippen molar-refractivity contribution in [3.05, 3.63) is 47.8 Å². The topological polar surface area (TPSA) is 108 Å². The number of pyridine rings is 1. The molecular formula is C12H10F2N4O3. The predicted octanol–water partition coefficient (Wildman–Crippen LogP) is 0.509. The minimum Gasteiger partial charge on any atom is -0.480 e. The van der Waals surface area contributed by atoms with Gasteiger partial charge >= 0.3 is 5.97 Å². The minimum atomic E-state index is -1.43. The highest BCUT2D eigenvalue weighted by Crippen LogP contribution is 2.09. The molecule has 1 amide bonds. The molecular weight excluding hydrogens is 286 g/mol. The summed E-state index contributed by atoms with van der Waals surface area (Å²) in [5, 5.41) is 11.2. The highest BCUT2D eigenvalue weighted by Gasteiger charge is 2.24. The number of imidazole rings is 1. The van der Waals surface area contributed by atoms with E-state index < -0.39 is 35.2 Å². The molecule has 0 aliphatic heterocycles. The van der Waals surface area contributed by atoms with Crippen molar-refractivity contribution in [1.29, 1.82) is 0 Å². The molecule has 9 heteroatoms. The number of amides is 1. The molecule has 0 saturated heterocycles. The molecule has 0 unspecified atom stereocenters. The van der Waals surface area contributed by atoms with E-state index in [1.807, 2.05) is 0 Å². The van der Waals surface area contributed by atoms with Crippen LogP contribution in [0.5, 0.6) is 0 Å². The van der Waals surface area contributed by atoms with E-state index in [0.717, 1.165) is 12.3 Å². The van der Waals surface area contributed by atoms with Crippen molar-refractivity contribution in [1.82, 2.24) is 20.3 Å². The quantitative estimate of drug-likeness (QED) is 0.697. The van der Waals surface area contributed by atoms with Crippen molar-refractivity contribution in [3.63, 3.8) is 0 Å². The van der Waals surface area contributed by atoms with Crippen LogP contribution >= 0.6 is 0 Å². The molecule has 0 aliphatic rings. The highest BCUT2D eigenvalue weighted by molar-refractivity contribution is 5.96. The van der Waals surface area contributed by atoms with E-state index in [0.29, 0.717) is 5.69 Å². The summed E-state index contributed by atoms with van der Waals surface area (Å²) in [7, 11) is 0. The molecule has 0 aliphatic carbocycles. The number of aromatic amines is 1. The summed E-state index contributed by atoms with van der Waals surface area (Å²) in [6.07, 6.45) is 3.59. The normalized spacial score (nSPS) is 11.9. The number of carbonyl (C=O) groups excluding carboxylic acids is 1. The second-order valence-corrected chi connectivity index (χ2v) is 4.11. The van der Waals surface area contributed by atoms with Gasteiger partial charge in [-0.25, -0.2) is 19.2 Å². The minimum absolute atomic E-state index is 0.0732. The summed E-state index contributed by atoms with van der Waals surface area (Å²) in [5.41, 5.74) is -0.137. The molecule has 0 radical (unpaired) electrons. The lowest BCUT2D eigenvalue weighted by Gasteiger charge is -2.13. The van der Waals surface area contributed by atoms with Crippen molar-refractivity contribution in [2.75, 3.05) is 0 Å².